The van der Waals surface area contributed by atoms with Gasteiger partial charge in [-0.3, -0.25) is 14.3 Å². The molecule has 0 fully saturated rings. The van der Waals surface area contributed by atoms with Crippen molar-refractivity contribution < 1.29 is 18.0 Å². The third-order valence-corrected chi connectivity index (χ3v) is 5.12. The number of nitrogens with one attached hydrogen (secondary N) is 3. The first-order valence-corrected chi connectivity index (χ1v) is 11.5. The molecule has 0 bridgehead atoms. The van der Waals surface area contributed by atoms with E-state index >= 15 is 0 Å². The molecule has 0 aliphatic heterocycles. The fraction of sp³-hybridized carbons (Fsp3) is 0.130. The van der Waals surface area contributed by atoms with E-state index in [-0.39, 0.29) is 11.9 Å². The van der Waals surface area contributed by atoms with Crippen molar-refractivity contribution in [2.45, 2.75) is 13.0 Å². The Morgan fingerprint density at radius 2 is 1.42 bits per heavy atom. The van der Waals surface area contributed by atoms with Crippen LogP contribution in [0.25, 0.3) is 0 Å². The van der Waals surface area contributed by atoms with Gasteiger partial charge in [0.2, 0.25) is 10.0 Å². The molecule has 0 spiro atoms. The van der Waals surface area contributed by atoms with Gasteiger partial charge in [0.05, 0.1) is 23.5 Å². The first kappa shape index (κ1) is 22.0. The molecule has 0 saturated heterocycles. The summed E-state index contributed by atoms with van der Waals surface area (Å²) in [6, 6.07) is 22.1. The van der Waals surface area contributed by atoms with Crippen LogP contribution in [-0.4, -0.2) is 26.5 Å². The second kappa shape index (κ2) is 9.44. The van der Waals surface area contributed by atoms with Crippen molar-refractivity contribution in [1.82, 2.24) is 5.32 Å². The molecular weight excluding hydrogens is 414 g/mol. The Hall–Kier alpha value is -3.65. The summed E-state index contributed by atoms with van der Waals surface area (Å²) in [4.78, 5) is 25.5. The van der Waals surface area contributed by atoms with Crippen molar-refractivity contribution in [3.05, 3.63) is 95.6 Å². The van der Waals surface area contributed by atoms with E-state index in [0.717, 1.165) is 11.8 Å². The zero-order chi connectivity index (χ0) is 22.4. The molecule has 8 heteroatoms. The van der Waals surface area contributed by atoms with Gasteiger partial charge >= 0.3 is 0 Å². The van der Waals surface area contributed by atoms with Gasteiger partial charge in [0, 0.05) is 11.3 Å². The lowest BCUT2D eigenvalue weighted by molar-refractivity contribution is 0.0940. The molecule has 3 rings (SSSR count). The maximum atomic E-state index is 12.8. The third kappa shape index (κ3) is 6.16. The molecule has 7 nitrogen and oxygen atoms in total. The molecule has 3 aromatic rings. The molecule has 0 saturated carbocycles. The van der Waals surface area contributed by atoms with Crippen molar-refractivity contribution in [3.63, 3.8) is 0 Å². The largest absolute Gasteiger partial charge is 0.345 e. The zero-order valence-electron chi connectivity index (χ0n) is 17.1. The van der Waals surface area contributed by atoms with Crippen LogP contribution in [0.3, 0.4) is 0 Å². The molecule has 31 heavy (non-hydrogen) atoms. The van der Waals surface area contributed by atoms with Gasteiger partial charge < -0.3 is 10.6 Å². The highest BCUT2D eigenvalue weighted by molar-refractivity contribution is 7.92. The summed E-state index contributed by atoms with van der Waals surface area (Å²) >= 11 is 0. The summed E-state index contributed by atoms with van der Waals surface area (Å²) in [6.45, 7) is 1.89. The molecule has 0 heterocycles. The Kier molecular flexibility index (Phi) is 6.71. The van der Waals surface area contributed by atoms with Crippen LogP contribution in [0.2, 0.25) is 0 Å². The monoisotopic (exact) mass is 437 g/mol. The van der Waals surface area contributed by atoms with Crippen molar-refractivity contribution in [2.75, 3.05) is 16.3 Å². The number of hydrogen-bond acceptors (Lipinski definition) is 4. The lowest BCUT2D eigenvalue weighted by Gasteiger charge is -2.16. The van der Waals surface area contributed by atoms with E-state index in [0.29, 0.717) is 22.5 Å². The van der Waals surface area contributed by atoms with Gasteiger partial charge in [-0.25, -0.2) is 8.42 Å². The van der Waals surface area contributed by atoms with E-state index in [9.17, 15) is 18.0 Å². The molecular formula is C23H23N3O4S. The minimum atomic E-state index is -3.40. The predicted octanol–water partition coefficient (Wildman–Crippen LogP) is 3.80. The van der Waals surface area contributed by atoms with E-state index in [2.05, 4.69) is 15.4 Å². The highest BCUT2D eigenvalue weighted by Crippen LogP contribution is 2.19. The summed E-state index contributed by atoms with van der Waals surface area (Å²) in [6.07, 6.45) is 1.05. The van der Waals surface area contributed by atoms with Crippen molar-refractivity contribution in [2.24, 2.45) is 0 Å². The van der Waals surface area contributed by atoms with Gasteiger partial charge in [0.15, 0.2) is 0 Å². The van der Waals surface area contributed by atoms with Gasteiger partial charge in [0.25, 0.3) is 11.8 Å². The van der Waals surface area contributed by atoms with Crippen molar-refractivity contribution >= 4 is 33.2 Å². The van der Waals surface area contributed by atoms with Gasteiger partial charge in [-0.2, -0.15) is 0 Å². The summed E-state index contributed by atoms with van der Waals surface area (Å²) in [5.41, 5.74) is 2.37. The number of rotatable bonds is 7. The lowest BCUT2D eigenvalue weighted by Crippen LogP contribution is -2.28. The second-order valence-electron chi connectivity index (χ2n) is 7.06. The van der Waals surface area contributed by atoms with Gasteiger partial charge in [0.1, 0.15) is 0 Å². The number of sulfonamides is 1. The Morgan fingerprint density at radius 1 is 0.806 bits per heavy atom. The molecule has 0 aliphatic carbocycles. The minimum absolute atomic E-state index is 0.202. The van der Waals surface area contributed by atoms with Crippen molar-refractivity contribution in [1.29, 1.82) is 0 Å². The number of para-hydroxylation sites is 1. The minimum Gasteiger partial charge on any atom is -0.345 e. The summed E-state index contributed by atoms with van der Waals surface area (Å²) in [7, 11) is -3.40. The number of carbonyl (C=O) groups excluding carboxylic acids is 2. The number of carbonyl (C=O) groups is 2. The second-order valence-corrected chi connectivity index (χ2v) is 8.81. The van der Waals surface area contributed by atoms with Crippen LogP contribution in [0.15, 0.2) is 78.9 Å². The van der Waals surface area contributed by atoms with Gasteiger partial charge in [-0.15, -0.1) is 0 Å². The Bertz CT molecular complexity index is 1180. The van der Waals surface area contributed by atoms with E-state index in [1.807, 2.05) is 37.3 Å². The first-order chi connectivity index (χ1) is 14.7. The summed E-state index contributed by atoms with van der Waals surface area (Å²) in [5, 5.41) is 5.69. The summed E-state index contributed by atoms with van der Waals surface area (Å²) < 4.78 is 24.9. The van der Waals surface area contributed by atoms with Crippen LogP contribution in [0.4, 0.5) is 11.4 Å². The van der Waals surface area contributed by atoms with Gasteiger partial charge in [-0.1, -0.05) is 42.5 Å². The van der Waals surface area contributed by atoms with Gasteiger partial charge in [-0.05, 0) is 48.9 Å². The molecule has 160 valence electrons. The molecule has 3 aromatic carbocycles. The molecule has 2 amide bonds. The fourth-order valence-electron chi connectivity index (χ4n) is 2.99. The Morgan fingerprint density at radius 3 is 2.06 bits per heavy atom. The average Bonchev–Trinajstić information content (AvgIpc) is 2.74. The number of hydrogen-bond donors (Lipinski definition) is 3. The smallest absolute Gasteiger partial charge is 0.255 e. The first-order valence-electron chi connectivity index (χ1n) is 9.57. The van der Waals surface area contributed by atoms with E-state index < -0.39 is 15.9 Å². The summed E-state index contributed by atoms with van der Waals surface area (Å²) in [5.74, 6) is -0.720. The molecule has 3 N–H and O–H groups in total. The maximum Gasteiger partial charge on any atom is 0.255 e. The molecule has 1 atom stereocenters. The van der Waals surface area contributed by atoms with E-state index in [4.69, 9.17) is 0 Å². The molecule has 1 unspecified atom stereocenters. The molecule has 0 radical (unpaired) electrons. The number of anilines is 2. The number of amides is 2. The lowest BCUT2D eigenvalue weighted by atomic mass is 10.1. The quantitative estimate of drug-likeness (QED) is 0.523. The van der Waals surface area contributed by atoms with Crippen LogP contribution < -0.4 is 15.4 Å². The standard InChI is InChI=1S/C23H23N3O4S/c1-16(17-8-4-3-5-9-17)24-23(28)20-10-6-7-11-21(20)25-22(27)18-12-14-19(15-13-18)26-31(2,29)30/h3-16,26H,1-2H3,(H,24,28)(H,25,27). The van der Waals surface area contributed by atoms with Crippen LogP contribution >= 0.6 is 0 Å². The molecule has 0 aromatic heterocycles. The molecule has 0 aliphatic rings. The van der Waals surface area contributed by atoms with E-state index in [1.165, 1.54) is 24.3 Å². The fourth-order valence-corrected chi connectivity index (χ4v) is 3.55. The predicted molar refractivity (Wildman–Crippen MR) is 122 cm³/mol. The normalized spacial score (nSPS) is 11.9. The van der Waals surface area contributed by atoms with Crippen LogP contribution in [0, 0.1) is 0 Å². The highest BCUT2D eigenvalue weighted by atomic mass is 32.2. The van der Waals surface area contributed by atoms with Crippen LogP contribution in [0.1, 0.15) is 39.2 Å². The Balaban J connectivity index is 1.72. The Labute approximate surface area is 181 Å². The zero-order valence-corrected chi connectivity index (χ0v) is 17.9. The topological polar surface area (TPSA) is 104 Å². The third-order valence-electron chi connectivity index (χ3n) is 4.52. The maximum absolute atomic E-state index is 12.8. The van der Waals surface area contributed by atoms with Crippen molar-refractivity contribution in [3.8, 4) is 0 Å². The number of benzene rings is 3. The van der Waals surface area contributed by atoms with Crippen LogP contribution in [0.5, 0.6) is 0 Å². The SMILES string of the molecule is CC(NC(=O)c1ccccc1NC(=O)c1ccc(NS(C)(=O)=O)cc1)c1ccccc1. The van der Waals surface area contributed by atoms with Crippen LogP contribution in [-0.2, 0) is 10.0 Å². The average molecular weight is 438 g/mol. The van der Waals surface area contributed by atoms with E-state index in [1.54, 1.807) is 24.3 Å². The highest BCUT2D eigenvalue weighted by Gasteiger charge is 2.16.